The third-order valence-electron chi connectivity index (χ3n) is 3.54. The predicted octanol–water partition coefficient (Wildman–Crippen LogP) is 3.21. The van der Waals surface area contributed by atoms with Crippen LogP contribution in [0, 0.1) is 0 Å². The lowest BCUT2D eigenvalue weighted by atomic mass is 10.2. The first-order valence-electron chi connectivity index (χ1n) is 7.95. The van der Waals surface area contributed by atoms with Crippen molar-refractivity contribution in [3.8, 4) is 0 Å². The largest absolute Gasteiger partial charge is 0.444 e. The number of carbonyl (C=O) groups is 2. The van der Waals surface area contributed by atoms with Crippen molar-refractivity contribution in [3.63, 3.8) is 0 Å². The molecule has 1 atom stereocenters. The first kappa shape index (κ1) is 17.1. The first-order chi connectivity index (χ1) is 10.8. The van der Waals surface area contributed by atoms with Gasteiger partial charge in [-0.3, -0.25) is 0 Å². The number of urea groups is 1. The van der Waals surface area contributed by atoms with E-state index < -0.39 is 5.60 Å². The van der Waals surface area contributed by atoms with Gasteiger partial charge in [-0.05, 0) is 45.7 Å². The first-order valence-corrected chi connectivity index (χ1v) is 7.95. The number of nitrogens with one attached hydrogen (secondary N) is 2. The standard InChI is InChI=1S/C17H25N3O3/c1-17(2,3)23-16(22)20-11-7-10-14(20)12-18-15(21)19-13-8-5-4-6-9-13/h4-6,8-9,14H,7,10-12H2,1-3H3,(H2,18,19,21)/t14-/m0/s1. The van der Waals surface area contributed by atoms with Crippen molar-refractivity contribution in [1.29, 1.82) is 0 Å². The number of hydrogen-bond acceptors (Lipinski definition) is 3. The molecule has 6 heteroatoms. The second-order valence-electron chi connectivity index (χ2n) is 6.67. The predicted molar refractivity (Wildman–Crippen MR) is 89.4 cm³/mol. The Kier molecular flexibility index (Phi) is 5.47. The molecule has 1 aliphatic heterocycles. The maximum Gasteiger partial charge on any atom is 0.410 e. The van der Waals surface area contributed by atoms with Crippen molar-refractivity contribution >= 4 is 17.8 Å². The van der Waals surface area contributed by atoms with E-state index in [1.54, 1.807) is 4.90 Å². The second kappa shape index (κ2) is 7.35. The Morgan fingerprint density at radius 1 is 1.26 bits per heavy atom. The average Bonchev–Trinajstić information content (AvgIpc) is 2.93. The van der Waals surface area contributed by atoms with E-state index in [0.29, 0.717) is 13.1 Å². The van der Waals surface area contributed by atoms with E-state index in [2.05, 4.69) is 10.6 Å². The average molecular weight is 319 g/mol. The molecule has 1 heterocycles. The lowest BCUT2D eigenvalue weighted by Gasteiger charge is -2.28. The van der Waals surface area contributed by atoms with Gasteiger partial charge in [0.15, 0.2) is 0 Å². The van der Waals surface area contributed by atoms with E-state index in [-0.39, 0.29) is 18.2 Å². The molecule has 126 valence electrons. The molecule has 1 aromatic rings. The van der Waals surface area contributed by atoms with Gasteiger partial charge >= 0.3 is 12.1 Å². The van der Waals surface area contributed by atoms with Crippen LogP contribution in [0.15, 0.2) is 30.3 Å². The zero-order valence-electron chi connectivity index (χ0n) is 14.0. The highest BCUT2D eigenvalue weighted by atomic mass is 16.6. The van der Waals surface area contributed by atoms with Crippen molar-refractivity contribution < 1.29 is 14.3 Å². The summed E-state index contributed by atoms with van der Waals surface area (Å²) in [6, 6.07) is 8.96. The highest BCUT2D eigenvalue weighted by molar-refractivity contribution is 5.89. The molecule has 1 aliphatic rings. The molecule has 0 spiro atoms. The molecule has 2 rings (SSSR count). The Morgan fingerprint density at radius 3 is 2.61 bits per heavy atom. The Balaban J connectivity index is 1.82. The lowest BCUT2D eigenvalue weighted by Crippen LogP contribution is -2.45. The number of para-hydroxylation sites is 1. The number of carbonyl (C=O) groups excluding carboxylic acids is 2. The molecule has 0 aromatic heterocycles. The van der Waals surface area contributed by atoms with Gasteiger partial charge in [-0.1, -0.05) is 18.2 Å². The SMILES string of the molecule is CC(C)(C)OC(=O)N1CCC[C@H]1CNC(=O)Nc1ccccc1. The van der Waals surface area contributed by atoms with Gasteiger partial charge in [0, 0.05) is 18.8 Å². The molecule has 1 fully saturated rings. The number of likely N-dealkylation sites (tertiary alicyclic amines) is 1. The van der Waals surface area contributed by atoms with Gasteiger partial charge in [-0.2, -0.15) is 0 Å². The summed E-state index contributed by atoms with van der Waals surface area (Å²) < 4.78 is 5.41. The molecule has 0 bridgehead atoms. The molecule has 2 N–H and O–H groups in total. The Hall–Kier alpha value is -2.24. The van der Waals surface area contributed by atoms with E-state index in [0.717, 1.165) is 18.5 Å². The van der Waals surface area contributed by atoms with Gasteiger partial charge in [-0.25, -0.2) is 9.59 Å². The third-order valence-corrected chi connectivity index (χ3v) is 3.54. The molecule has 0 radical (unpaired) electrons. The summed E-state index contributed by atoms with van der Waals surface area (Å²) in [5.74, 6) is 0. The molecular weight excluding hydrogens is 294 g/mol. The van der Waals surface area contributed by atoms with E-state index >= 15 is 0 Å². The smallest absolute Gasteiger partial charge is 0.410 e. The number of nitrogens with zero attached hydrogens (tertiary/aromatic N) is 1. The molecule has 3 amide bonds. The fourth-order valence-electron chi connectivity index (χ4n) is 2.52. The van der Waals surface area contributed by atoms with Crippen LogP contribution in [-0.4, -0.2) is 41.8 Å². The number of benzene rings is 1. The van der Waals surface area contributed by atoms with Gasteiger partial charge in [0.2, 0.25) is 0 Å². The Morgan fingerprint density at radius 2 is 1.96 bits per heavy atom. The zero-order chi connectivity index (χ0) is 16.9. The summed E-state index contributed by atoms with van der Waals surface area (Å²) in [7, 11) is 0. The molecular formula is C17H25N3O3. The van der Waals surface area contributed by atoms with E-state index in [1.807, 2.05) is 51.1 Å². The summed E-state index contributed by atoms with van der Waals surface area (Å²) >= 11 is 0. The normalized spacial score (nSPS) is 17.7. The van der Waals surface area contributed by atoms with Crippen molar-refractivity contribution in [2.24, 2.45) is 0 Å². The minimum atomic E-state index is -0.512. The van der Waals surface area contributed by atoms with Gasteiger partial charge < -0.3 is 20.3 Å². The fourth-order valence-corrected chi connectivity index (χ4v) is 2.52. The van der Waals surface area contributed by atoms with E-state index in [1.165, 1.54) is 0 Å². The van der Waals surface area contributed by atoms with Crippen molar-refractivity contribution in [2.45, 2.75) is 45.3 Å². The maximum absolute atomic E-state index is 12.2. The maximum atomic E-state index is 12.2. The third kappa shape index (κ3) is 5.47. The minimum absolute atomic E-state index is 0.0219. The van der Waals surface area contributed by atoms with Crippen LogP contribution in [-0.2, 0) is 4.74 Å². The highest BCUT2D eigenvalue weighted by Crippen LogP contribution is 2.20. The van der Waals surface area contributed by atoms with Gasteiger partial charge in [-0.15, -0.1) is 0 Å². The highest BCUT2D eigenvalue weighted by Gasteiger charge is 2.32. The number of ether oxygens (including phenoxy) is 1. The quantitative estimate of drug-likeness (QED) is 0.898. The molecule has 6 nitrogen and oxygen atoms in total. The fraction of sp³-hybridized carbons (Fsp3) is 0.529. The van der Waals surface area contributed by atoms with Crippen LogP contribution in [0.1, 0.15) is 33.6 Å². The number of amides is 3. The van der Waals surface area contributed by atoms with Crippen molar-refractivity contribution in [3.05, 3.63) is 30.3 Å². The van der Waals surface area contributed by atoms with Crippen LogP contribution in [0.4, 0.5) is 15.3 Å². The van der Waals surface area contributed by atoms with Crippen LogP contribution < -0.4 is 10.6 Å². The Labute approximate surface area is 137 Å². The minimum Gasteiger partial charge on any atom is -0.444 e. The van der Waals surface area contributed by atoms with Crippen molar-refractivity contribution in [1.82, 2.24) is 10.2 Å². The van der Waals surface area contributed by atoms with Crippen molar-refractivity contribution in [2.75, 3.05) is 18.4 Å². The summed E-state index contributed by atoms with van der Waals surface area (Å²) in [6.45, 7) is 6.63. The van der Waals surface area contributed by atoms with Crippen LogP contribution >= 0.6 is 0 Å². The molecule has 23 heavy (non-hydrogen) atoms. The zero-order valence-corrected chi connectivity index (χ0v) is 14.0. The lowest BCUT2D eigenvalue weighted by molar-refractivity contribution is 0.0228. The number of rotatable bonds is 3. The summed E-state index contributed by atoms with van der Waals surface area (Å²) in [4.78, 5) is 25.8. The summed E-state index contributed by atoms with van der Waals surface area (Å²) in [5, 5.41) is 5.58. The topological polar surface area (TPSA) is 70.7 Å². The van der Waals surface area contributed by atoms with Gasteiger partial charge in [0.1, 0.15) is 5.60 Å². The number of anilines is 1. The van der Waals surface area contributed by atoms with Gasteiger partial charge in [0.25, 0.3) is 0 Å². The summed E-state index contributed by atoms with van der Waals surface area (Å²) in [5.41, 5.74) is 0.225. The molecule has 0 saturated carbocycles. The molecule has 0 unspecified atom stereocenters. The van der Waals surface area contributed by atoms with Crippen LogP contribution in [0.5, 0.6) is 0 Å². The Bertz CT molecular complexity index is 540. The molecule has 1 saturated heterocycles. The van der Waals surface area contributed by atoms with Gasteiger partial charge in [0.05, 0.1) is 6.04 Å². The summed E-state index contributed by atoms with van der Waals surface area (Å²) in [6.07, 6.45) is 1.47. The van der Waals surface area contributed by atoms with E-state index in [4.69, 9.17) is 4.74 Å². The van der Waals surface area contributed by atoms with Crippen LogP contribution in [0.2, 0.25) is 0 Å². The molecule has 1 aromatic carbocycles. The van der Waals surface area contributed by atoms with Crippen LogP contribution in [0.3, 0.4) is 0 Å². The second-order valence-corrected chi connectivity index (χ2v) is 6.67. The van der Waals surface area contributed by atoms with E-state index in [9.17, 15) is 9.59 Å². The molecule has 0 aliphatic carbocycles. The number of hydrogen-bond donors (Lipinski definition) is 2. The van der Waals surface area contributed by atoms with Crippen LogP contribution in [0.25, 0.3) is 0 Å². The monoisotopic (exact) mass is 319 g/mol.